The Labute approximate surface area is 261 Å². The van der Waals surface area contributed by atoms with Crippen LogP contribution in [0.3, 0.4) is 0 Å². The van der Waals surface area contributed by atoms with Crippen LogP contribution in [-0.4, -0.2) is 82.3 Å². The number of esters is 1. The van der Waals surface area contributed by atoms with Gasteiger partial charge in [-0.2, -0.15) is 0 Å². The van der Waals surface area contributed by atoms with Crippen LogP contribution in [0.5, 0.6) is 5.75 Å². The lowest BCUT2D eigenvalue weighted by atomic mass is 9.93. The standard InChI is InChI=1S/C31H41N3O11/c1-18(2)31(42)43-17-20-8-9-23(44-28-16-22(35)19(3)29(45-28)30(40)41)21(15-20)33-25(37)12-13-32-24(36)7-5-4-6-14-34-26(38)10-11-27(34)39/h8-11,15,18-19,22,28-29,35H,4-7,12-14,16-17H2,1-3H3,(H,32,36)(H,33,37)(H,40,41)/t19-,22+,28+,29-/m0/s1. The van der Waals surface area contributed by atoms with E-state index in [1.807, 2.05) is 0 Å². The monoisotopic (exact) mass is 631 g/mol. The highest BCUT2D eigenvalue weighted by atomic mass is 16.7. The number of carbonyl (C=O) groups is 6. The van der Waals surface area contributed by atoms with E-state index < -0.39 is 42.3 Å². The maximum Gasteiger partial charge on any atom is 0.333 e. The molecule has 1 aromatic rings. The van der Waals surface area contributed by atoms with Crippen LogP contribution in [0.25, 0.3) is 0 Å². The van der Waals surface area contributed by atoms with E-state index in [4.69, 9.17) is 14.2 Å². The van der Waals surface area contributed by atoms with Crippen molar-refractivity contribution in [3.05, 3.63) is 35.9 Å². The van der Waals surface area contributed by atoms with E-state index >= 15 is 0 Å². The number of aliphatic hydroxyl groups is 1. The number of anilines is 1. The van der Waals surface area contributed by atoms with Crippen LogP contribution < -0.4 is 15.4 Å². The number of rotatable bonds is 16. The molecule has 0 aromatic heterocycles. The topological polar surface area (TPSA) is 198 Å². The number of amides is 4. The van der Waals surface area contributed by atoms with E-state index in [0.717, 1.165) is 4.90 Å². The van der Waals surface area contributed by atoms with Gasteiger partial charge in [0.1, 0.15) is 12.4 Å². The van der Waals surface area contributed by atoms with Gasteiger partial charge >= 0.3 is 11.9 Å². The Balaban J connectivity index is 1.52. The minimum atomic E-state index is -1.29. The van der Waals surface area contributed by atoms with Gasteiger partial charge in [-0.05, 0) is 30.5 Å². The summed E-state index contributed by atoms with van der Waals surface area (Å²) in [5, 5.41) is 25.2. The molecule has 14 nitrogen and oxygen atoms in total. The number of unbranched alkanes of at least 4 members (excludes halogenated alkanes) is 2. The lowest BCUT2D eigenvalue weighted by Crippen LogP contribution is -2.48. The molecule has 0 radical (unpaired) electrons. The molecule has 2 heterocycles. The zero-order chi connectivity index (χ0) is 33.1. The summed E-state index contributed by atoms with van der Waals surface area (Å²) in [4.78, 5) is 72.8. The molecule has 2 aliphatic heterocycles. The van der Waals surface area contributed by atoms with E-state index in [-0.39, 0.29) is 67.5 Å². The third-order valence-corrected chi connectivity index (χ3v) is 7.35. The fourth-order valence-electron chi connectivity index (χ4n) is 4.65. The Kier molecular flexibility index (Phi) is 13.0. The first kappa shape index (κ1) is 35.2. The molecule has 2 aliphatic rings. The molecule has 1 aromatic carbocycles. The normalized spacial score (nSPS) is 21.1. The minimum absolute atomic E-state index is 0.00380. The minimum Gasteiger partial charge on any atom is -0.479 e. The zero-order valence-corrected chi connectivity index (χ0v) is 25.7. The number of hydrogen-bond donors (Lipinski definition) is 4. The van der Waals surface area contributed by atoms with Crippen molar-refractivity contribution in [2.24, 2.45) is 11.8 Å². The molecule has 0 saturated carbocycles. The summed E-state index contributed by atoms with van der Waals surface area (Å²) in [6.07, 6.45) is 1.01. The Hall–Kier alpha value is -4.30. The summed E-state index contributed by atoms with van der Waals surface area (Å²) in [5.74, 6) is -3.83. The van der Waals surface area contributed by atoms with Crippen LogP contribution in [0.4, 0.5) is 5.69 Å². The van der Waals surface area contributed by atoms with E-state index in [1.165, 1.54) is 18.2 Å². The third-order valence-electron chi connectivity index (χ3n) is 7.35. The van der Waals surface area contributed by atoms with Gasteiger partial charge in [0.05, 0.1) is 17.7 Å². The van der Waals surface area contributed by atoms with Crippen molar-refractivity contribution in [2.75, 3.05) is 18.4 Å². The van der Waals surface area contributed by atoms with Gasteiger partial charge in [-0.15, -0.1) is 0 Å². The van der Waals surface area contributed by atoms with Crippen molar-refractivity contribution in [1.82, 2.24) is 10.2 Å². The number of aliphatic carboxylic acids is 1. The summed E-state index contributed by atoms with van der Waals surface area (Å²) in [6.45, 7) is 5.27. The predicted molar refractivity (Wildman–Crippen MR) is 158 cm³/mol. The van der Waals surface area contributed by atoms with Crippen LogP contribution in [0.15, 0.2) is 30.4 Å². The molecule has 4 amide bonds. The Morgan fingerprint density at radius 3 is 2.42 bits per heavy atom. The smallest absolute Gasteiger partial charge is 0.333 e. The summed E-state index contributed by atoms with van der Waals surface area (Å²) < 4.78 is 16.7. The summed E-state index contributed by atoms with van der Waals surface area (Å²) in [6, 6.07) is 4.69. The van der Waals surface area contributed by atoms with Gasteiger partial charge in [0.15, 0.2) is 6.10 Å². The number of carboxylic acids is 1. The Morgan fingerprint density at radius 2 is 1.76 bits per heavy atom. The largest absolute Gasteiger partial charge is 0.479 e. The summed E-state index contributed by atoms with van der Waals surface area (Å²) in [7, 11) is 0. The highest BCUT2D eigenvalue weighted by Gasteiger charge is 2.40. The molecular weight excluding hydrogens is 590 g/mol. The molecular formula is C31H41N3O11. The summed E-state index contributed by atoms with van der Waals surface area (Å²) in [5.41, 5.74) is 0.759. The van der Waals surface area contributed by atoms with Gasteiger partial charge in [0.2, 0.25) is 18.1 Å². The maximum atomic E-state index is 12.8. The van der Waals surface area contributed by atoms with Crippen molar-refractivity contribution in [2.45, 2.75) is 84.4 Å². The van der Waals surface area contributed by atoms with Gasteiger partial charge in [-0.1, -0.05) is 33.3 Å². The number of imide groups is 1. The van der Waals surface area contributed by atoms with Gasteiger partial charge in [-0.3, -0.25) is 28.9 Å². The van der Waals surface area contributed by atoms with E-state index in [1.54, 1.807) is 32.9 Å². The van der Waals surface area contributed by atoms with Gasteiger partial charge in [0, 0.05) is 50.4 Å². The van der Waals surface area contributed by atoms with Crippen molar-refractivity contribution >= 4 is 41.3 Å². The number of aliphatic hydroxyl groups excluding tert-OH is 1. The van der Waals surface area contributed by atoms with Crippen molar-refractivity contribution in [1.29, 1.82) is 0 Å². The molecule has 4 N–H and O–H groups in total. The average molecular weight is 632 g/mol. The SMILES string of the molecule is CC(C)C(=O)OCc1ccc(O[C@H]2C[C@@H](O)[C@H](C)[C@@H](C(=O)O)O2)c(NC(=O)CCNC(=O)CCCCCN2C(=O)C=CC2=O)c1. The van der Waals surface area contributed by atoms with Crippen LogP contribution in [-0.2, 0) is 44.8 Å². The fraction of sp³-hybridized carbons (Fsp3) is 0.548. The number of hydrogen-bond acceptors (Lipinski definition) is 10. The van der Waals surface area contributed by atoms with E-state index in [9.17, 15) is 39.0 Å². The second kappa shape index (κ2) is 16.7. The van der Waals surface area contributed by atoms with Crippen molar-refractivity contribution in [3.63, 3.8) is 0 Å². The van der Waals surface area contributed by atoms with Crippen LogP contribution in [0, 0.1) is 11.8 Å². The number of nitrogens with zero attached hydrogens (tertiary/aromatic N) is 1. The lowest BCUT2D eigenvalue weighted by Gasteiger charge is -2.36. The summed E-state index contributed by atoms with van der Waals surface area (Å²) >= 11 is 0. The Morgan fingerprint density at radius 1 is 1.04 bits per heavy atom. The molecule has 0 aliphatic carbocycles. The molecule has 14 heteroatoms. The number of carbonyl (C=O) groups excluding carboxylic acids is 5. The zero-order valence-electron chi connectivity index (χ0n) is 25.7. The first-order chi connectivity index (χ1) is 21.3. The molecule has 0 bridgehead atoms. The number of ether oxygens (including phenoxy) is 3. The van der Waals surface area contributed by atoms with E-state index in [2.05, 4.69) is 10.6 Å². The molecule has 3 rings (SSSR count). The predicted octanol–water partition coefficient (Wildman–Crippen LogP) is 1.89. The average Bonchev–Trinajstić information content (AvgIpc) is 3.30. The second-order valence-electron chi connectivity index (χ2n) is 11.3. The number of carboxylic acid groups (broad SMARTS) is 1. The molecule has 246 valence electrons. The quantitative estimate of drug-likeness (QED) is 0.118. The maximum absolute atomic E-state index is 12.8. The van der Waals surface area contributed by atoms with Gasteiger partial charge < -0.3 is 35.1 Å². The first-order valence-corrected chi connectivity index (χ1v) is 15.0. The fourth-order valence-corrected chi connectivity index (χ4v) is 4.65. The molecule has 0 unspecified atom stereocenters. The number of nitrogens with one attached hydrogen (secondary N) is 2. The van der Waals surface area contributed by atoms with Gasteiger partial charge in [-0.25, -0.2) is 4.79 Å². The van der Waals surface area contributed by atoms with Gasteiger partial charge in [0.25, 0.3) is 11.8 Å². The van der Waals surface area contributed by atoms with Crippen molar-refractivity contribution < 1.29 is 53.2 Å². The molecule has 45 heavy (non-hydrogen) atoms. The highest BCUT2D eigenvalue weighted by molar-refractivity contribution is 6.12. The van der Waals surface area contributed by atoms with Crippen LogP contribution in [0.2, 0.25) is 0 Å². The van der Waals surface area contributed by atoms with E-state index in [0.29, 0.717) is 31.4 Å². The molecule has 0 spiro atoms. The third kappa shape index (κ3) is 10.7. The molecule has 4 atom stereocenters. The van der Waals surface area contributed by atoms with Crippen LogP contribution in [0.1, 0.15) is 64.9 Å². The molecule has 1 saturated heterocycles. The number of benzene rings is 1. The molecule has 1 fully saturated rings. The van der Waals surface area contributed by atoms with Crippen LogP contribution >= 0.6 is 0 Å². The highest BCUT2D eigenvalue weighted by Crippen LogP contribution is 2.32. The van der Waals surface area contributed by atoms with Crippen molar-refractivity contribution in [3.8, 4) is 5.75 Å². The second-order valence-corrected chi connectivity index (χ2v) is 11.3. The Bertz CT molecular complexity index is 1280. The lowest BCUT2D eigenvalue weighted by molar-refractivity contribution is -0.211. The first-order valence-electron chi connectivity index (χ1n) is 15.0.